The van der Waals surface area contributed by atoms with Crippen LogP contribution in [0, 0.1) is 5.92 Å². The minimum Gasteiger partial charge on any atom is -0.496 e. The molecule has 6 heteroatoms. The van der Waals surface area contributed by atoms with E-state index in [2.05, 4.69) is 0 Å². The van der Waals surface area contributed by atoms with Crippen LogP contribution in [0.2, 0.25) is 0 Å². The van der Waals surface area contributed by atoms with Crippen molar-refractivity contribution in [2.45, 2.75) is 13.8 Å². The number of carbonyl (C=O) groups excluding carboxylic acids is 3. The van der Waals surface area contributed by atoms with Gasteiger partial charge in [-0.05, 0) is 36.8 Å². The molecule has 0 saturated heterocycles. The van der Waals surface area contributed by atoms with Crippen molar-refractivity contribution < 1.29 is 28.6 Å². The lowest BCUT2D eigenvalue weighted by Gasteiger charge is -2.16. The number of hydrogen-bond acceptors (Lipinski definition) is 6. The minimum atomic E-state index is -1.67. The molecule has 0 heterocycles. The van der Waals surface area contributed by atoms with Crippen LogP contribution >= 0.6 is 0 Å². The van der Waals surface area contributed by atoms with Crippen LogP contribution < -0.4 is 4.74 Å². The van der Waals surface area contributed by atoms with Crippen LogP contribution in [0.3, 0.4) is 0 Å². The van der Waals surface area contributed by atoms with Crippen LogP contribution in [-0.4, -0.2) is 38.0 Å². The van der Waals surface area contributed by atoms with Crippen LogP contribution in [0.4, 0.5) is 0 Å². The Morgan fingerprint density at radius 2 is 1.44 bits per heavy atom. The maximum Gasteiger partial charge on any atom is 0.328 e. The Hall–Kier alpha value is -2.89. The Bertz CT molecular complexity index is 778. The van der Waals surface area contributed by atoms with Crippen LogP contribution in [0.5, 0.6) is 5.75 Å². The zero-order valence-corrected chi connectivity index (χ0v) is 14.4. The molecule has 0 radical (unpaired) electrons. The van der Waals surface area contributed by atoms with E-state index in [0.717, 1.165) is 10.8 Å². The van der Waals surface area contributed by atoms with Crippen molar-refractivity contribution >= 4 is 28.5 Å². The molecule has 0 N–H and O–H groups in total. The molecule has 0 aromatic heterocycles. The van der Waals surface area contributed by atoms with Gasteiger partial charge in [0.1, 0.15) is 5.75 Å². The molecule has 2 rings (SSSR count). The molecular weight excluding hydrogens is 324 g/mol. The predicted octanol–water partition coefficient (Wildman–Crippen LogP) is 2.77. The van der Waals surface area contributed by atoms with E-state index in [9.17, 15) is 14.4 Å². The van der Waals surface area contributed by atoms with E-state index >= 15 is 0 Å². The lowest BCUT2D eigenvalue weighted by atomic mass is 9.94. The topological polar surface area (TPSA) is 78.9 Å². The summed E-state index contributed by atoms with van der Waals surface area (Å²) in [5, 5.41) is 1.66. The van der Waals surface area contributed by atoms with Crippen LogP contribution in [0.15, 0.2) is 36.4 Å². The lowest BCUT2D eigenvalue weighted by Crippen LogP contribution is -2.35. The first-order valence-corrected chi connectivity index (χ1v) is 7.97. The van der Waals surface area contributed by atoms with Gasteiger partial charge in [-0.15, -0.1) is 0 Å². The van der Waals surface area contributed by atoms with Gasteiger partial charge in [0.2, 0.25) is 5.92 Å². The maximum atomic E-state index is 12.9. The number of rotatable bonds is 7. The van der Waals surface area contributed by atoms with E-state index in [1.165, 1.54) is 7.11 Å². The van der Waals surface area contributed by atoms with Crippen molar-refractivity contribution in [2.24, 2.45) is 5.92 Å². The summed E-state index contributed by atoms with van der Waals surface area (Å²) in [6.07, 6.45) is 0. The molecule has 132 valence electrons. The standard InChI is InChI=1S/C19H20O6/c1-4-24-18(21)16(19(22)25-5-2)17(20)14-10-12-8-6-7-9-13(12)11-15(14)23-3/h6-11,16H,4-5H2,1-3H3. The maximum absolute atomic E-state index is 12.9. The molecule has 0 spiro atoms. The average molecular weight is 344 g/mol. The monoisotopic (exact) mass is 344 g/mol. The second-order valence-electron chi connectivity index (χ2n) is 5.20. The first kappa shape index (κ1) is 18.4. The SMILES string of the molecule is CCOC(=O)C(C(=O)OCC)C(=O)c1cc2ccccc2cc1OC. The number of fused-ring (bicyclic) bond motifs is 1. The van der Waals surface area contributed by atoms with Gasteiger partial charge in [0.05, 0.1) is 25.9 Å². The fraction of sp³-hybridized carbons (Fsp3) is 0.316. The first-order chi connectivity index (χ1) is 12.0. The lowest BCUT2D eigenvalue weighted by molar-refractivity contribution is -0.158. The molecule has 0 aliphatic carbocycles. The molecule has 0 bridgehead atoms. The largest absolute Gasteiger partial charge is 0.496 e. The number of esters is 2. The number of ether oxygens (including phenoxy) is 3. The van der Waals surface area contributed by atoms with E-state index in [1.54, 1.807) is 26.0 Å². The highest BCUT2D eigenvalue weighted by Gasteiger charge is 2.38. The summed E-state index contributed by atoms with van der Waals surface area (Å²) in [6, 6.07) is 10.7. The molecule has 0 atom stereocenters. The predicted molar refractivity (Wildman–Crippen MR) is 91.6 cm³/mol. The van der Waals surface area contributed by atoms with Crippen LogP contribution in [-0.2, 0) is 19.1 Å². The quantitative estimate of drug-likeness (QED) is 0.437. The first-order valence-electron chi connectivity index (χ1n) is 7.97. The van der Waals surface area contributed by atoms with Crippen molar-refractivity contribution in [3.63, 3.8) is 0 Å². The highest BCUT2D eigenvalue weighted by molar-refractivity contribution is 6.22. The van der Waals surface area contributed by atoms with Crippen molar-refractivity contribution in [3.05, 3.63) is 42.0 Å². The van der Waals surface area contributed by atoms with Gasteiger partial charge < -0.3 is 14.2 Å². The van der Waals surface area contributed by atoms with E-state index < -0.39 is 23.6 Å². The van der Waals surface area contributed by atoms with Gasteiger partial charge in [0, 0.05) is 0 Å². The number of Topliss-reactive ketones (excluding diaryl/α,β-unsaturated/α-hetero) is 1. The van der Waals surface area contributed by atoms with Crippen LogP contribution in [0.1, 0.15) is 24.2 Å². The zero-order valence-electron chi connectivity index (χ0n) is 14.4. The summed E-state index contributed by atoms with van der Waals surface area (Å²) in [7, 11) is 1.42. The number of carbonyl (C=O) groups is 3. The second kappa shape index (κ2) is 8.28. The van der Waals surface area contributed by atoms with Gasteiger partial charge in [-0.3, -0.25) is 14.4 Å². The van der Waals surface area contributed by atoms with E-state index in [1.807, 2.05) is 24.3 Å². The summed E-state index contributed by atoms with van der Waals surface area (Å²) < 4.78 is 15.0. The van der Waals surface area contributed by atoms with Gasteiger partial charge in [-0.2, -0.15) is 0 Å². The molecule has 2 aromatic carbocycles. The highest BCUT2D eigenvalue weighted by atomic mass is 16.6. The van der Waals surface area contributed by atoms with Gasteiger partial charge in [-0.1, -0.05) is 24.3 Å². The third kappa shape index (κ3) is 3.96. The normalized spacial score (nSPS) is 10.6. The summed E-state index contributed by atoms with van der Waals surface area (Å²) in [5.74, 6) is -3.96. The summed E-state index contributed by atoms with van der Waals surface area (Å²) in [4.78, 5) is 37.2. The number of ketones is 1. The van der Waals surface area contributed by atoms with E-state index in [0.29, 0.717) is 0 Å². The molecule has 0 fully saturated rings. The van der Waals surface area contributed by atoms with Crippen molar-refractivity contribution in [2.75, 3.05) is 20.3 Å². The van der Waals surface area contributed by atoms with E-state index in [4.69, 9.17) is 14.2 Å². The van der Waals surface area contributed by atoms with Gasteiger partial charge in [0.25, 0.3) is 0 Å². The summed E-state index contributed by atoms with van der Waals surface area (Å²) in [5.41, 5.74) is 0.132. The molecule has 0 aliphatic rings. The Kier molecular flexibility index (Phi) is 6.11. The van der Waals surface area contributed by atoms with Crippen LogP contribution in [0.25, 0.3) is 10.8 Å². The summed E-state index contributed by atoms with van der Waals surface area (Å²) in [6.45, 7) is 3.30. The molecule has 6 nitrogen and oxygen atoms in total. The van der Waals surface area contributed by atoms with Crippen molar-refractivity contribution in [3.8, 4) is 5.75 Å². The van der Waals surface area contributed by atoms with Gasteiger partial charge >= 0.3 is 11.9 Å². The minimum absolute atomic E-state index is 0.0525. The second-order valence-corrected chi connectivity index (χ2v) is 5.20. The third-order valence-corrected chi connectivity index (χ3v) is 3.64. The molecule has 2 aromatic rings. The van der Waals surface area contributed by atoms with Gasteiger partial charge in [0.15, 0.2) is 5.78 Å². The Labute approximate surface area is 145 Å². The Morgan fingerprint density at radius 1 is 0.920 bits per heavy atom. The number of hydrogen-bond donors (Lipinski definition) is 0. The molecule has 0 amide bonds. The molecular formula is C19H20O6. The Balaban J connectivity index is 2.52. The van der Waals surface area contributed by atoms with Gasteiger partial charge in [-0.25, -0.2) is 0 Å². The molecule has 25 heavy (non-hydrogen) atoms. The number of benzene rings is 2. The average Bonchev–Trinajstić information content (AvgIpc) is 2.61. The fourth-order valence-electron chi connectivity index (χ4n) is 2.50. The molecule has 0 saturated carbocycles. The smallest absolute Gasteiger partial charge is 0.328 e. The fourth-order valence-corrected chi connectivity index (χ4v) is 2.50. The highest BCUT2D eigenvalue weighted by Crippen LogP contribution is 2.28. The van der Waals surface area contributed by atoms with Crippen molar-refractivity contribution in [1.82, 2.24) is 0 Å². The molecule has 0 unspecified atom stereocenters. The van der Waals surface area contributed by atoms with E-state index in [-0.39, 0.29) is 24.5 Å². The Morgan fingerprint density at radius 3 is 1.92 bits per heavy atom. The summed E-state index contributed by atoms with van der Waals surface area (Å²) >= 11 is 0. The zero-order chi connectivity index (χ0) is 18.4. The number of methoxy groups -OCH3 is 1. The van der Waals surface area contributed by atoms with Crippen molar-refractivity contribution in [1.29, 1.82) is 0 Å². The molecule has 0 aliphatic heterocycles. The third-order valence-electron chi connectivity index (χ3n) is 3.64.